The highest BCUT2D eigenvalue weighted by Crippen LogP contribution is 2.39. The zero-order valence-corrected chi connectivity index (χ0v) is 12.9. The Hall–Kier alpha value is -1.19. The van der Waals surface area contributed by atoms with E-state index in [4.69, 9.17) is 23.2 Å². The summed E-state index contributed by atoms with van der Waals surface area (Å²) in [5.74, 6) is 0.169. The summed E-state index contributed by atoms with van der Waals surface area (Å²) in [6.45, 7) is 3.96. The van der Waals surface area contributed by atoms with E-state index in [2.05, 4.69) is 0 Å². The molecule has 0 nitrogen and oxygen atoms in total. The molecule has 0 amide bonds. The zero-order chi connectivity index (χ0) is 15.8. The molecule has 0 radical (unpaired) electrons. The number of halogens is 5. The summed E-state index contributed by atoms with van der Waals surface area (Å²) in [5, 5.41) is 0.178. The standard InChI is InChI=1S/C16H13Cl2F3/c1-9(2)12-5-4-11(17)8-13(12)10-3-6-15(18)14(7-10)16(19,20)21/h3-9H,1-2H3. The molecule has 0 atom stereocenters. The second kappa shape index (κ2) is 5.90. The molecule has 112 valence electrons. The van der Waals surface area contributed by atoms with E-state index in [-0.39, 0.29) is 10.9 Å². The van der Waals surface area contributed by atoms with Crippen LogP contribution in [-0.2, 0) is 6.18 Å². The maximum atomic E-state index is 13.0. The van der Waals surface area contributed by atoms with Crippen molar-refractivity contribution in [2.45, 2.75) is 25.9 Å². The molecular weight excluding hydrogens is 320 g/mol. The number of alkyl halides is 3. The number of hydrogen-bond donors (Lipinski definition) is 0. The van der Waals surface area contributed by atoms with Gasteiger partial charge >= 0.3 is 6.18 Å². The van der Waals surface area contributed by atoms with Crippen molar-refractivity contribution in [3.63, 3.8) is 0 Å². The van der Waals surface area contributed by atoms with Crippen LogP contribution in [0.2, 0.25) is 10.0 Å². The molecule has 0 heterocycles. The highest BCUT2D eigenvalue weighted by atomic mass is 35.5. The number of rotatable bonds is 2. The Bertz CT molecular complexity index is 661. The summed E-state index contributed by atoms with van der Waals surface area (Å²) < 4.78 is 38.9. The third-order valence-corrected chi connectivity index (χ3v) is 3.78. The maximum Gasteiger partial charge on any atom is 0.417 e. The van der Waals surface area contributed by atoms with Gasteiger partial charge in [0.05, 0.1) is 10.6 Å². The minimum atomic E-state index is -4.48. The lowest BCUT2D eigenvalue weighted by atomic mass is 9.92. The lowest BCUT2D eigenvalue weighted by Crippen LogP contribution is -2.06. The Morgan fingerprint density at radius 2 is 1.62 bits per heavy atom. The summed E-state index contributed by atoms with van der Waals surface area (Å²) >= 11 is 11.6. The summed E-state index contributed by atoms with van der Waals surface area (Å²) in [6, 6.07) is 9.17. The predicted molar refractivity (Wildman–Crippen MR) is 81.0 cm³/mol. The fraction of sp³-hybridized carbons (Fsp3) is 0.250. The van der Waals surface area contributed by atoms with Crippen LogP contribution in [0.3, 0.4) is 0 Å². The van der Waals surface area contributed by atoms with Gasteiger partial charge in [-0.25, -0.2) is 0 Å². The molecule has 0 spiro atoms. The van der Waals surface area contributed by atoms with E-state index in [1.54, 1.807) is 18.2 Å². The Kier molecular flexibility index (Phi) is 4.54. The highest BCUT2D eigenvalue weighted by molar-refractivity contribution is 6.31. The van der Waals surface area contributed by atoms with Crippen LogP contribution in [-0.4, -0.2) is 0 Å². The molecule has 2 aromatic rings. The number of benzene rings is 2. The van der Waals surface area contributed by atoms with Crippen molar-refractivity contribution in [3.05, 3.63) is 57.6 Å². The van der Waals surface area contributed by atoms with Gasteiger partial charge in [0.15, 0.2) is 0 Å². The van der Waals surface area contributed by atoms with E-state index in [9.17, 15) is 13.2 Å². The lowest BCUT2D eigenvalue weighted by molar-refractivity contribution is -0.137. The van der Waals surface area contributed by atoms with Gasteiger partial charge in [-0.3, -0.25) is 0 Å². The minimum absolute atomic E-state index is 0.169. The molecule has 0 saturated heterocycles. The topological polar surface area (TPSA) is 0 Å². The van der Waals surface area contributed by atoms with Crippen LogP contribution in [0.25, 0.3) is 11.1 Å². The third kappa shape index (κ3) is 3.53. The summed E-state index contributed by atoms with van der Waals surface area (Å²) in [5.41, 5.74) is 1.25. The molecule has 21 heavy (non-hydrogen) atoms. The average molecular weight is 333 g/mol. The second-order valence-corrected chi connectivity index (χ2v) is 5.92. The van der Waals surface area contributed by atoms with E-state index >= 15 is 0 Å². The van der Waals surface area contributed by atoms with Crippen molar-refractivity contribution in [1.82, 2.24) is 0 Å². The minimum Gasteiger partial charge on any atom is -0.166 e. The van der Waals surface area contributed by atoms with Gasteiger partial charge in [-0.1, -0.05) is 49.2 Å². The van der Waals surface area contributed by atoms with Gasteiger partial charge in [-0.2, -0.15) is 13.2 Å². The van der Waals surface area contributed by atoms with Crippen molar-refractivity contribution < 1.29 is 13.2 Å². The smallest absolute Gasteiger partial charge is 0.166 e. The molecule has 0 aliphatic rings. The molecule has 2 rings (SSSR count). The Labute approximate surface area is 131 Å². The molecule has 0 N–H and O–H groups in total. The summed E-state index contributed by atoms with van der Waals surface area (Å²) in [4.78, 5) is 0. The van der Waals surface area contributed by atoms with Crippen molar-refractivity contribution in [3.8, 4) is 11.1 Å². The van der Waals surface area contributed by atoms with E-state index < -0.39 is 11.7 Å². The van der Waals surface area contributed by atoms with Gasteiger partial charge < -0.3 is 0 Å². The van der Waals surface area contributed by atoms with E-state index in [0.29, 0.717) is 16.1 Å². The van der Waals surface area contributed by atoms with Crippen LogP contribution in [0.5, 0.6) is 0 Å². The predicted octanol–water partition coefficient (Wildman–Crippen LogP) is 6.80. The first-order valence-corrected chi connectivity index (χ1v) is 7.12. The third-order valence-electron chi connectivity index (χ3n) is 3.22. The largest absolute Gasteiger partial charge is 0.417 e. The normalized spacial score (nSPS) is 12.0. The summed E-state index contributed by atoms with van der Waals surface area (Å²) in [6.07, 6.45) is -4.48. The second-order valence-electron chi connectivity index (χ2n) is 5.08. The van der Waals surface area contributed by atoms with Crippen molar-refractivity contribution in [1.29, 1.82) is 0 Å². The maximum absolute atomic E-state index is 13.0. The molecule has 0 aliphatic carbocycles. The first-order chi connectivity index (χ1) is 9.70. The quantitative estimate of drug-likeness (QED) is 0.567. The SMILES string of the molecule is CC(C)c1ccc(Cl)cc1-c1ccc(Cl)c(C(F)(F)F)c1. The van der Waals surface area contributed by atoms with Gasteiger partial charge in [-0.05, 0) is 46.9 Å². The van der Waals surface area contributed by atoms with Crippen molar-refractivity contribution >= 4 is 23.2 Å². The lowest BCUT2D eigenvalue weighted by Gasteiger charge is -2.16. The molecule has 0 saturated carbocycles. The van der Waals surface area contributed by atoms with Crippen molar-refractivity contribution in [2.24, 2.45) is 0 Å². The van der Waals surface area contributed by atoms with Crippen LogP contribution >= 0.6 is 23.2 Å². The fourth-order valence-electron chi connectivity index (χ4n) is 2.19. The van der Waals surface area contributed by atoms with Crippen molar-refractivity contribution in [2.75, 3.05) is 0 Å². The molecule has 2 aromatic carbocycles. The molecular formula is C16H13Cl2F3. The molecule has 0 aromatic heterocycles. The molecule has 0 bridgehead atoms. The summed E-state index contributed by atoms with van der Waals surface area (Å²) in [7, 11) is 0. The van der Waals surface area contributed by atoms with Gasteiger partial charge in [0.25, 0.3) is 0 Å². The van der Waals surface area contributed by atoms with Gasteiger partial charge in [-0.15, -0.1) is 0 Å². The average Bonchev–Trinajstić information content (AvgIpc) is 2.37. The van der Waals surface area contributed by atoms with E-state index in [1.807, 2.05) is 19.9 Å². The first-order valence-electron chi connectivity index (χ1n) is 6.36. The van der Waals surface area contributed by atoms with Gasteiger partial charge in [0.2, 0.25) is 0 Å². The molecule has 5 heteroatoms. The van der Waals surface area contributed by atoms with Gasteiger partial charge in [0.1, 0.15) is 0 Å². The highest BCUT2D eigenvalue weighted by Gasteiger charge is 2.33. The van der Waals surface area contributed by atoms with E-state index in [0.717, 1.165) is 11.6 Å². The molecule has 0 aliphatic heterocycles. The van der Waals surface area contributed by atoms with Crippen LogP contribution in [0.15, 0.2) is 36.4 Å². The number of hydrogen-bond acceptors (Lipinski definition) is 0. The Morgan fingerprint density at radius 1 is 0.952 bits per heavy atom. The van der Waals surface area contributed by atoms with Crippen LogP contribution in [0.1, 0.15) is 30.9 Å². The van der Waals surface area contributed by atoms with Crippen LogP contribution < -0.4 is 0 Å². The first kappa shape index (κ1) is 16.2. The monoisotopic (exact) mass is 332 g/mol. The Morgan fingerprint density at radius 3 is 2.19 bits per heavy atom. The van der Waals surface area contributed by atoms with Gasteiger partial charge in [0, 0.05) is 5.02 Å². The van der Waals surface area contributed by atoms with Crippen LogP contribution in [0, 0.1) is 0 Å². The van der Waals surface area contributed by atoms with E-state index in [1.165, 1.54) is 6.07 Å². The molecule has 0 fully saturated rings. The Balaban J connectivity index is 2.65. The molecule has 0 unspecified atom stereocenters. The van der Waals surface area contributed by atoms with Crippen LogP contribution in [0.4, 0.5) is 13.2 Å². The zero-order valence-electron chi connectivity index (χ0n) is 11.4. The fourth-order valence-corrected chi connectivity index (χ4v) is 2.59.